The first-order chi connectivity index (χ1) is 13.6. The maximum Gasteiger partial charge on any atom is 0.191 e. The minimum absolute atomic E-state index is 0. The number of aliphatic hydroxyl groups excluding tert-OH is 1. The summed E-state index contributed by atoms with van der Waals surface area (Å²) in [5.41, 5.74) is 0.700. The van der Waals surface area contributed by atoms with Crippen LogP contribution >= 0.6 is 35.3 Å². The second-order valence-electron chi connectivity index (χ2n) is 6.13. The van der Waals surface area contributed by atoms with Crippen molar-refractivity contribution in [2.24, 2.45) is 4.99 Å². The molecule has 0 aliphatic heterocycles. The summed E-state index contributed by atoms with van der Waals surface area (Å²) in [5, 5.41) is 18.1. The van der Waals surface area contributed by atoms with Gasteiger partial charge in [-0.15, -0.1) is 35.3 Å². The second-order valence-corrected chi connectivity index (χ2v) is 7.33. The average molecular weight is 534 g/mol. The number of aliphatic imine (C=N–C) groups is 1. The monoisotopic (exact) mass is 534 g/mol. The van der Waals surface area contributed by atoms with Gasteiger partial charge in [-0.25, -0.2) is 4.98 Å². The number of aromatic nitrogens is 1. The topological polar surface area (TPSA) is 88.0 Å². The molecule has 29 heavy (non-hydrogen) atoms. The van der Waals surface area contributed by atoms with E-state index >= 15 is 0 Å². The molecular formula is C20H31IN4O3S. The molecule has 0 saturated carbocycles. The highest BCUT2D eigenvalue weighted by atomic mass is 127. The molecule has 0 bridgehead atoms. The van der Waals surface area contributed by atoms with Crippen LogP contribution in [0, 0.1) is 0 Å². The van der Waals surface area contributed by atoms with Crippen molar-refractivity contribution in [1.82, 2.24) is 15.6 Å². The average Bonchev–Trinajstić information content (AvgIpc) is 3.19. The highest BCUT2D eigenvalue weighted by molar-refractivity contribution is 14.0. The zero-order valence-corrected chi connectivity index (χ0v) is 20.5. The summed E-state index contributed by atoms with van der Waals surface area (Å²) >= 11 is 1.75. The number of nitrogens with zero attached hydrogens (tertiary/aromatic N) is 2. The summed E-state index contributed by atoms with van der Waals surface area (Å²) in [5.74, 6) is 1.94. The van der Waals surface area contributed by atoms with Gasteiger partial charge in [0, 0.05) is 36.7 Å². The Balaban J connectivity index is 0.00000420. The van der Waals surface area contributed by atoms with E-state index in [9.17, 15) is 5.11 Å². The van der Waals surface area contributed by atoms with Crippen molar-refractivity contribution in [3.05, 3.63) is 39.8 Å². The molecule has 3 N–H and O–H groups in total. The van der Waals surface area contributed by atoms with Crippen molar-refractivity contribution < 1.29 is 14.6 Å². The number of rotatable bonds is 10. The molecule has 0 aliphatic rings. The van der Waals surface area contributed by atoms with Crippen LogP contribution in [0.5, 0.6) is 11.5 Å². The number of hydrogen-bond acceptors (Lipinski definition) is 6. The Morgan fingerprint density at radius 3 is 2.41 bits per heavy atom. The summed E-state index contributed by atoms with van der Waals surface area (Å²) < 4.78 is 10.5. The number of halogens is 1. The fourth-order valence-corrected chi connectivity index (χ4v) is 3.42. The Hall–Kier alpha value is -1.59. The van der Waals surface area contributed by atoms with Crippen LogP contribution in [0.1, 0.15) is 35.4 Å². The summed E-state index contributed by atoms with van der Waals surface area (Å²) in [6.07, 6.45) is 3.04. The number of benzene rings is 1. The van der Waals surface area contributed by atoms with Crippen LogP contribution in [-0.4, -0.2) is 49.9 Å². The predicted molar refractivity (Wildman–Crippen MR) is 129 cm³/mol. The molecule has 1 heterocycles. The third kappa shape index (κ3) is 8.35. The number of methoxy groups -OCH3 is 2. The Kier molecular flexibility index (Phi) is 11.9. The fraction of sp³-hybridized carbons (Fsp3) is 0.500. The van der Waals surface area contributed by atoms with E-state index in [1.807, 2.05) is 13.1 Å². The molecule has 2 aromatic rings. The van der Waals surface area contributed by atoms with Crippen molar-refractivity contribution in [1.29, 1.82) is 0 Å². The van der Waals surface area contributed by atoms with Crippen LogP contribution in [0.15, 0.2) is 29.4 Å². The third-order valence-corrected chi connectivity index (χ3v) is 5.31. The molecule has 0 saturated heterocycles. The highest BCUT2D eigenvalue weighted by Gasteiger charge is 2.11. The normalized spacial score (nSPS) is 12.1. The predicted octanol–water partition coefficient (Wildman–Crippen LogP) is 3.17. The van der Waals surface area contributed by atoms with E-state index < -0.39 is 6.10 Å². The molecule has 0 spiro atoms. The van der Waals surface area contributed by atoms with Crippen LogP contribution in [0.4, 0.5) is 0 Å². The summed E-state index contributed by atoms with van der Waals surface area (Å²) in [6, 6.07) is 5.35. The van der Waals surface area contributed by atoms with E-state index in [0.29, 0.717) is 23.0 Å². The molecule has 1 unspecified atom stereocenters. The molecule has 7 nitrogen and oxygen atoms in total. The lowest BCUT2D eigenvalue weighted by Crippen LogP contribution is -2.38. The van der Waals surface area contributed by atoms with Gasteiger partial charge in [-0.05, 0) is 31.0 Å². The van der Waals surface area contributed by atoms with E-state index in [0.717, 1.165) is 30.9 Å². The van der Waals surface area contributed by atoms with E-state index in [2.05, 4.69) is 27.5 Å². The number of aryl methyl sites for hydroxylation is 1. The molecule has 0 aliphatic carbocycles. The SMILES string of the molecule is CCNC(=NCC(O)c1cc(OC)cc(OC)c1)NCCc1ncc(CC)s1.I. The van der Waals surface area contributed by atoms with Crippen LogP contribution < -0.4 is 20.1 Å². The third-order valence-electron chi connectivity index (χ3n) is 4.11. The van der Waals surface area contributed by atoms with Crippen LogP contribution in [0.2, 0.25) is 0 Å². The van der Waals surface area contributed by atoms with Crippen molar-refractivity contribution in [3.63, 3.8) is 0 Å². The second kappa shape index (κ2) is 13.6. The van der Waals surface area contributed by atoms with Gasteiger partial charge in [0.25, 0.3) is 0 Å². The summed E-state index contributed by atoms with van der Waals surface area (Å²) in [7, 11) is 3.17. The lowest BCUT2D eigenvalue weighted by atomic mass is 10.1. The Bertz CT molecular complexity index is 748. The molecule has 1 aromatic carbocycles. The van der Waals surface area contributed by atoms with Gasteiger partial charge in [0.05, 0.1) is 31.9 Å². The number of ether oxygens (including phenoxy) is 2. The first-order valence-corrected chi connectivity index (χ1v) is 10.3. The van der Waals surface area contributed by atoms with Crippen molar-refractivity contribution >= 4 is 41.3 Å². The molecule has 1 atom stereocenters. The van der Waals surface area contributed by atoms with E-state index in [4.69, 9.17) is 9.47 Å². The maximum absolute atomic E-state index is 10.5. The molecule has 0 radical (unpaired) electrons. The number of aliphatic hydroxyl groups is 1. The van der Waals surface area contributed by atoms with Crippen molar-refractivity contribution in [2.75, 3.05) is 33.9 Å². The van der Waals surface area contributed by atoms with E-state index in [-0.39, 0.29) is 30.5 Å². The standard InChI is InChI=1S/C20H30N4O3S.HI/c1-5-17-12-23-19(28-17)7-8-22-20(21-6-2)24-13-18(25)14-9-15(26-3)11-16(10-14)27-4;/h9-12,18,25H,5-8,13H2,1-4H3,(H2,21,22,24);1H. The number of hydrogen-bond donors (Lipinski definition) is 3. The minimum Gasteiger partial charge on any atom is -0.497 e. The Labute approximate surface area is 194 Å². The smallest absolute Gasteiger partial charge is 0.191 e. The van der Waals surface area contributed by atoms with Crippen LogP contribution in [0.3, 0.4) is 0 Å². The first kappa shape index (κ1) is 25.4. The fourth-order valence-electron chi connectivity index (χ4n) is 2.56. The largest absolute Gasteiger partial charge is 0.497 e. The van der Waals surface area contributed by atoms with Gasteiger partial charge in [0.2, 0.25) is 0 Å². The number of nitrogens with one attached hydrogen (secondary N) is 2. The van der Waals surface area contributed by atoms with Gasteiger partial charge in [0.15, 0.2) is 5.96 Å². The van der Waals surface area contributed by atoms with Gasteiger partial charge in [-0.1, -0.05) is 6.92 Å². The van der Waals surface area contributed by atoms with Crippen molar-refractivity contribution in [2.45, 2.75) is 32.8 Å². The van der Waals surface area contributed by atoms with Gasteiger partial charge in [-0.3, -0.25) is 4.99 Å². The Morgan fingerprint density at radius 1 is 1.17 bits per heavy atom. The van der Waals surface area contributed by atoms with Gasteiger partial charge >= 0.3 is 0 Å². The van der Waals surface area contributed by atoms with Crippen molar-refractivity contribution in [3.8, 4) is 11.5 Å². The molecule has 162 valence electrons. The lowest BCUT2D eigenvalue weighted by molar-refractivity contribution is 0.186. The zero-order chi connectivity index (χ0) is 20.4. The Morgan fingerprint density at radius 2 is 1.86 bits per heavy atom. The molecule has 2 rings (SSSR count). The van der Waals surface area contributed by atoms with Gasteiger partial charge < -0.3 is 25.2 Å². The van der Waals surface area contributed by atoms with Crippen LogP contribution in [0.25, 0.3) is 0 Å². The number of thiazole rings is 1. The minimum atomic E-state index is -0.759. The molecule has 9 heteroatoms. The highest BCUT2D eigenvalue weighted by Crippen LogP contribution is 2.26. The lowest BCUT2D eigenvalue weighted by Gasteiger charge is -2.14. The van der Waals surface area contributed by atoms with E-state index in [1.165, 1.54) is 4.88 Å². The molecule has 0 amide bonds. The first-order valence-electron chi connectivity index (χ1n) is 9.46. The maximum atomic E-state index is 10.5. The van der Waals surface area contributed by atoms with Gasteiger partial charge in [-0.2, -0.15) is 0 Å². The molecule has 1 aromatic heterocycles. The zero-order valence-electron chi connectivity index (χ0n) is 17.4. The summed E-state index contributed by atoms with van der Waals surface area (Å²) in [4.78, 5) is 10.2. The van der Waals surface area contributed by atoms with E-state index in [1.54, 1.807) is 43.8 Å². The summed E-state index contributed by atoms with van der Waals surface area (Å²) in [6.45, 7) is 5.84. The van der Waals surface area contributed by atoms with Crippen LogP contribution in [-0.2, 0) is 12.8 Å². The molecular weight excluding hydrogens is 503 g/mol. The molecule has 0 fully saturated rings. The number of guanidine groups is 1. The van der Waals surface area contributed by atoms with Gasteiger partial charge in [0.1, 0.15) is 11.5 Å². The quantitative estimate of drug-likeness (QED) is 0.247.